The summed E-state index contributed by atoms with van der Waals surface area (Å²) < 4.78 is 13.3. The molecule has 1 aliphatic rings. The number of ether oxygens (including phenoxy) is 1. The SMILES string of the molecule is CC(C)(C)c1ccnc(-n2c3[c-]c(Oc4[c-]c(-n5[c-][n+](-c6c(C(C)(C)C)ccc7c6-c6ccccc6-c6ccccc6-c6ccccc6-7)c6ccccc65)ccc4)ccc3c3ccccc32)c1.[Pt]. The van der Waals surface area contributed by atoms with Crippen molar-refractivity contribution in [2.24, 2.45) is 0 Å². The fourth-order valence-corrected chi connectivity index (χ4v) is 10.1. The van der Waals surface area contributed by atoms with E-state index in [1.165, 1.54) is 55.6 Å². The Morgan fingerprint density at radius 3 is 1.81 bits per heavy atom. The van der Waals surface area contributed by atoms with Gasteiger partial charge in [-0.3, -0.25) is 4.57 Å². The van der Waals surface area contributed by atoms with Gasteiger partial charge in [-0.15, -0.1) is 29.7 Å². The maximum atomic E-state index is 6.70. The number of nitrogens with zero attached hydrogens (tertiary/aromatic N) is 4. The van der Waals surface area contributed by atoms with Crippen LogP contribution in [0, 0.1) is 18.5 Å². The zero-order chi connectivity index (χ0) is 45.6. The summed E-state index contributed by atoms with van der Waals surface area (Å²) in [6, 6.07) is 70.0. The molecule has 8 aromatic carbocycles. The predicted octanol–water partition coefficient (Wildman–Crippen LogP) is 15.2. The van der Waals surface area contributed by atoms with Gasteiger partial charge in [-0.2, -0.15) is 18.2 Å². The Kier molecular flexibility index (Phi) is 10.5. The van der Waals surface area contributed by atoms with Gasteiger partial charge < -0.3 is 13.9 Å². The summed E-state index contributed by atoms with van der Waals surface area (Å²) in [5.74, 6) is 2.01. The van der Waals surface area contributed by atoms with Crippen molar-refractivity contribution in [3.05, 3.63) is 212 Å². The number of hydrogen-bond donors (Lipinski definition) is 0. The van der Waals surface area contributed by atoms with Crippen LogP contribution in [0.1, 0.15) is 52.7 Å². The van der Waals surface area contributed by atoms with E-state index < -0.39 is 0 Å². The van der Waals surface area contributed by atoms with Gasteiger partial charge in [-0.1, -0.05) is 174 Å². The van der Waals surface area contributed by atoms with E-state index in [4.69, 9.17) is 9.72 Å². The molecule has 0 N–H and O–H groups in total. The molecule has 0 aliphatic heterocycles. The fraction of sp³-hybridized carbons (Fsp3) is 0.129. The predicted molar refractivity (Wildman–Crippen MR) is 273 cm³/mol. The smallest absolute Gasteiger partial charge is 0.268 e. The molecule has 11 aromatic rings. The maximum Gasteiger partial charge on any atom is 0.268 e. The van der Waals surface area contributed by atoms with Crippen LogP contribution < -0.4 is 9.30 Å². The molecule has 0 fully saturated rings. The van der Waals surface area contributed by atoms with Gasteiger partial charge in [0.1, 0.15) is 5.82 Å². The van der Waals surface area contributed by atoms with Crippen molar-refractivity contribution in [3.8, 4) is 73.2 Å². The third-order valence-corrected chi connectivity index (χ3v) is 13.3. The molecule has 0 radical (unpaired) electrons. The molecule has 0 saturated heterocycles. The first kappa shape index (κ1) is 43.3. The van der Waals surface area contributed by atoms with Crippen LogP contribution in [0.3, 0.4) is 0 Å². The molecule has 0 saturated carbocycles. The molecular weight excluding hydrogens is 1010 g/mol. The number of fused-ring (bicyclic) bond motifs is 12. The van der Waals surface area contributed by atoms with Crippen LogP contribution in [0.25, 0.3) is 94.5 Å². The third kappa shape index (κ3) is 7.11. The second-order valence-corrected chi connectivity index (χ2v) is 19.6. The standard InChI is InChI=1S/C62H48N4O.Pt/c1-61(2,3)40-34-35-63-58(36-40)66-54-27-14-13-25-49(54)50-31-30-43(38-57(50)66)67-42-19-17-18-41(37-42)64-39-65(56-29-16-15-28-55(56)64)60-53(62(4,5)6)33-32-52-48-24-10-9-22-46(48)44-20-7-8-21-45(44)47-23-11-12-26-51(47)59(52)60;/h7-36H,1-6H3;/q-2;. The summed E-state index contributed by atoms with van der Waals surface area (Å²) in [7, 11) is 0. The van der Waals surface area contributed by atoms with Gasteiger partial charge in [0.05, 0.1) is 16.7 Å². The van der Waals surface area contributed by atoms with Crippen molar-refractivity contribution in [1.29, 1.82) is 0 Å². The van der Waals surface area contributed by atoms with E-state index in [0.29, 0.717) is 11.5 Å². The van der Waals surface area contributed by atoms with Gasteiger partial charge in [0.15, 0.2) is 0 Å². The molecule has 3 aromatic heterocycles. The van der Waals surface area contributed by atoms with Crippen LogP contribution in [0.2, 0.25) is 0 Å². The summed E-state index contributed by atoms with van der Waals surface area (Å²) >= 11 is 0. The van der Waals surface area contributed by atoms with E-state index in [1.807, 2.05) is 24.4 Å². The van der Waals surface area contributed by atoms with Crippen molar-refractivity contribution in [1.82, 2.24) is 14.1 Å². The van der Waals surface area contributed by atoms with Crippen molar-refractivity contribution >= 4 is 32.8 Å². The first-order valence-corrected chi connectivity index (χ1v) is 23.1. The quantitative estimate of drug-likeness (QED) is 0.127. The Labute approximate surface area is 412 Å². The molecule has 1 aliphatic carbocycles. The number of aromatic nitrogens is 4. The van der Waals surface area contributed by atoms with Gasteiger partial charge in [-0.25, -0.2) is 4.98 Å². The van der Waals surface area contributed by atoms with E-state index >= 15 is 0 Å². The van der Waals surface area contributed by atoms with E-state index in [1.54, 1.807) is 0 Å². The molecular formula is C62H48N4OPt-2. The monoisotopic (exact) mass is 1060 g/mol. The minimum absolute atomic E-state index is 0. The van der Waals surface area contributed by atoms with E-state index in [9.17, 15) is 0 Å². The van der Waals surface area contributed by atoms with E-state index in [2.05, 4.69) is 231 Å². The molecule has 0 bridgehead atoms. The molecule has 0 unspecified atom stereocenters. The second-order valence-electron chi connectivity index (χ2n) is 19.6. The second kappa shape index (κ2) is 16.5. The molecule has 5 nitrogen and oxygen atoms in total. The van der Waals surface area contributed by atoms with Crippen LogP contribution >= 0.6 is 0 Å². The van der Waals surface area contributed by atoms with Gasteiger partial charge in [0.2, 0.25) is 0 Å². The Morgan fingerprint density at radius 2 is 1.12 bits per heavy atom. The zero-order valence-electron chi connectivity index (χ0n) is 38.8. The number of benzene rings is 8. The fourth-order valence-electron chi connectivity index (χ4n) is 10.1. The van der Waals surface area contributed by atoms with Crippen LogP contribution in [0.5, 0.6) is 11.5 Å². The Balaban J connectivity index is 0.00000507. The molecule has 6 heteroatoms. The number of hydrogen-bond acceptors (Lipinski definition) is 2. The minimum atomic E-state index is -0.211. The largest absolute Gasteiger partial charge is 0.510 e. The van der Waals surface area contributed by atoms with Crippen LogP contribution in [-0.2, 0) is 31.9 Å². The topological polar surface area (TPSA) is 35.9 Å². The Morgan fingerprint density at radius 1 is 0.515 bits per heavy atom. The Hall–Kier alpha value is -7.33. The van der Waals surface area contributed by atoms with Gasteiger partial charge in [0, 0.05) is 49.8 Å². The van der Waals surface area contributed by atoms with Crippen LogP contribution in [-0.4, -0.2) is 14.1 Å². The summed E-state index contributed by atoms with van der Waals surface area (Å²) in [4.78, 5) is 4.87. The van der Waals surface area contributed by atoms with Crippen molar-refractivity contribution in [2.75, 3.05) is 0 Å². The normalized spacial score (nSPS) is 12.1. The Bertz CT molecular complexity index is 3760. The first-order valence-electron chi connectivity index (χ1n) is 23.1. The first-order chi connectivity index (χ1) is 32.5. The average Bonchev–Trinajstić information content (AvgIpc) is 3.89. The van der Waals surface area contributed by atoms with E-state index in [0.717, 1.165) is 50.0 Å². The molecule has 0 atom stereocenters. The summed E-state index contributed by atoms with van der Waals surface area (Å²) in [6.45, 7) is 13.6. The number of pyridine rings is 1. The number of para-hydroxylation sites is 3. The summed E-state index contributed by atoms with van der Waals surface area (Å²) in [5, 5.41) is 2.22. The average molecular weight is 1060 g/mol. The molecule has 0 amide bonds. The minimum Gasteiger partial charge on any atom is -0.510 e. The van der Waals surface area contributed by atoms with Gasteiger partial charge in [-0.05, 0) is 90.2 Å². The third-order valence-electron chi connectivity index (χ3n) is 13.3. The summed E-state index contributed by atoms with van der Waals surface area (Å²) in [6.07, 6.45) is 5.80. The molecule has 0 spiro atoms. The molecule has 12 rings (SSSR count). The maximum absolute atomic E-state index is 6.70. The van der Waals surface area contributed by atoms with Crippen molar-refractivity contribution in [3.63, 3.8) is 0 Å². The zero-order valence-corrected chi connectivity index (χ0v) is 41.1. The van der Waals surface area contributed by atoms with Crippen LogP contribution in [0.4, 0.5) is 0 Å². The molecule has 3 heterocycles. The molecule has 334 valence electrons. The summed E-state index contributed by atoms with van der Waals surface area (Å²) in [5.41, 5.74) is 17.7. The van der Waals surface area contributed by atoms with Crippen molar-refractivity contribution < 1.29 is 30.4 Å². The van der Waals surface area contributed by atoms with Crippen LogP contribution in [0.15, 0.2) is 182 Å². The van der Waals surface area contributed by atoms with Gasteiger partial charge >= 0.3 is 0 Å². The molecule has 68 heavy (non-hydrogen) atoms. The number of rotatable bonds is 5. The number of imidazole rings is 1. The van der Waals surface area contributed by atoms with Gasteiger partial charge in [0.25, 0.3) is 6.33 Å². The van der Waals surface area contributed by atoms with E-state index in [-0.39, 0.29) is 31.9 Å². The van der Waals surface area contributed by atoms with Crippen molar-refractivity contribution in [2.45, 2.75) is 52.4 Å².